The molecule has 5 nitrogen and oxygen atoms in total. The molecule has 1 atom stereocenters. The third kappa shape index (κ3) is 3.84. The van der Waals surface area contributed by atoms with Gasteiger partial charge >= 0.3 is 0 Å². The zero-order valence-electron chi connectivity index (χ0n) is 11.3. The highest BCUT2D eigenvalue weighted by molar-refractivity contribution is 6.29. The van der Waals surface area contributed by atoms with Crippen molar-refractivity contribution in [1.82, 2.24) is 15.3 Å². The summed E-state index contributed by atoms with van der Waals surface area (Å²) in [5.41, 5.74) is -0.197. The van der Waals surface area contributed by atoms with Gasteiger partial charge in [0.1, 0.15) is 22.8 Å². The second-order valence-corrected chi connectivity index (χ2v) is 5.52. The van der Waals surface area contributed by atoms with E-state index in [1.807, 2.05) is 20.8 Å². The molecule has 1 aromatic heterocycles. The molecule has 0 bridgehead atoms. The fraction of sp³-hybridized carbons (Fsp3) is 0.583. The van der Waals surface area contributed by atoms with Crippen LogP contribution in [0.3, 0.4) is 0 Å². The summed E-state index contributed by atoms with van der Waals surface area (Å²) in [6, 6.07) is 1.23. The van der Waals surface area contributed by atoms with Crippen molar-refractivity contribution in [1.29, 1.82) is 0 Å². The summed E-state index contributed by atoms with van der Waals surface area (Å²) in [4.78, 5) is 20.0. The Morgan fingerprint density at radius 1 is 1.39 bits per heavy atom. The van der Waals surface area contributed by atoms with Crippen LogP contribution in [0.15, 0.2) is 6.07 Å². The van der Waals surface area contributed by atoms with Gasteiger partial charge in [0.05, 0.1) is 0 Å². The van der Waals surface area contributed by atoms with Crippen LogP contribution in [0.25, 0.3) is 0 Å². The van der Waals surface area contributed by atoms with Gasteiger partial charge < -0.3 is 10.6 Å². The number of amides is 1. The molecule has 1 aromatic rings. The topological polar surface area (TPSA) is 66.9 Å². The maximum atomic E-state index is 11.4. The predicted molar refractivity (Wildman–Crippen MR) is 72.9 cm³/mol. The molecule has 1 amide bonds. The van der Waals surface area contributed by atoms with Gasteiger partial charge in [-0.25, -0.2) is 9.97 Å². The zero-order chi connectivity index (χ0) is 13.9. The van der Waals surface area contributed by atoms with E-state index in [0.717, 1.165) is 0 Å². The normalized spacial score (nSPS) is 13.0. The average molecular weight is 271 g/mol. The Kier molecular flexibility index (Phi) is 4.51. The first kappa shape index (κ1) is 14.7. The zero-order valence-corrected chi connectivity index (χ0v) is 12.1. The molecule has 1 unspecified atom stereocenters. The van der Waals surface area contributed by atoms with E-state index >= 15 is 0 Å². The minimum atomic E-state index is -0.381. The van der Waals surface area contributed by atoms with Crippen LogP contribution in [0.4, 0.5) is 5.82 Å². The van der Waals surface area contributed by atoms with E-state index in [2.05, 4.69) is 20.6 Å². The van der Waals surface area contributed by atoms with Gasteiger partial charge in [0, 0.05) is 18.5 Å². The molecule has 6 heteroatoms. The molecule has 0 aliphatic carbocycles. The standard InChI is InChI=1S/C12H19ClN4O/c1-7(10(18)14-5)15-9-6-8(13)16-11(17-9)12(2,3)4/h6-7H,1-5H3,(H,14,18)(H,15,16,17). The summed E-state index contributed by atoms with van der Waals surface area (Å²) in [5.74, 6) is 1.08. The molecule has 100 valence electrons. The number of rotatable bonds is 3. The van der Waals surface area contributed by atoms with Crippen molar-refractivity contribution < 1.29 is 4.79 Å². The van der Waals surface area contributed by atoms with Crippen molar-refractivity contribution in [3.05, 3.63) is 17.0 Å². The molecule has 1 rings (SSSR count). The minimum Gasteiger partial charge on any atom is -0.358 e. The number of nitrogens with one attached hydrogen (secondary N) is 2. The van der Waals surface area contributed by atoms with Crippen LogP contribution < -0.4 is 10.6 Å². The van der Waals surface area contributed by atoms with Gasteiger partial charge in [0.15, 0.2) is 0 Å². The van der Waals surface area contributed by atoms with Gasteiger partial charge in [-0.1, -0.05) is 32.4 Å². The second-order valence-electron chi connectivity index (χ2n) is 5.13. The molecular formula is C12H19ClN4O. The Morgan fingerprint density at radius 3 is 2.50 bits per heavy atom. The van der Waals surface area contributed by atoms with E-state index in [1.54, 1.807) is 20.0 Å². The van der Waals surface area contributed by atoms with Gasteiger partial charge in [-0.3, -0.25) is 4.79 Å². The molecule has 18 heavy (non-hydrogen) atoms. The van der Waals surface area contributed by atoms with Gasteiger partial charge in [0.25, 0.3) is 0 Å². The molecule has 0 saturated carbocycles. The average Bonchev–Trinajstić information content (AvgIpc) is 2.25. The van der Waals surface area contributed by atoms with Crippen molar-refractivity contribution in [2.75, 3.05) is 12.4 Å². The lowest BCUT2D eigenvalue weighted by molar-refractivity contribution is -0.121. The molecule has 0 radical (unpaired) electrons. The third-order valence-electron chi connectivity index (χ3n) is 2.37. The van der Waals surface area contributed by atoms with Gasteiger partial charge in [-0.05, 0) is 6.92 Å². The Hall–Kier alpha value is -1.36. The lowest BCUT2D eigenvalue weighted by Crippen LogP contribution is -2.35. The van der Waals surface area contributed by atoms with E-state index in [4.69, 9.17) is 11.6 Å². The maximum absolute atomic E-state index is 11.4. The summed E-state index contributed by atoms with van der Waals surface area (Å²) in [7, 11) is 1.59. The number of aromatic nitrogens is 2. The predicted octanol–water partition coefficient (Wildman–Crippen LogP) is 1.97. The number of carbonyl (C=O) groups excluding carboxylic acids is 1. The number of carbonyl (C=O) groups is 1. The lowest BCUT2D eigenvalue weighted by atomic mass is 9.96. The number of nitrogens with zero attached hydrogens (tertiary/aromatic N) is 2. The summed E-state index contributed by atoms with van der Waals surface area (Å²) in [5, 5.41) is 5.93. The number of hydrogen-bond donors (Lipinski definition) is 2. The van der Waals surface area contributed by atoms with Crippen LogP contribution in [0.5, 0.6) is 0 Å². The van der Waals surface area contributed by atoms with E-state index in [-0.39, 0.29) is 17.4 Å². The van der Waals surface area contributed by atoms with Crippen molar-refractivity contribution >= 4 is 23.3 Å². The lowest BCUT2D eigenvalue weighted by Gasteiger charge is -2.19. The van der Waals surface area contributed by atoms with E-state index < -0.39 is 0 Å². The fourth-order valence-electron chi connectivity index (χ4n) is 1.33. The monoisotopic (exact) mass is 270 g/mol. The molecule has 0 spiro atoms. The molecule has 0 saturated heterocycles. The van der Waals surface area contributed by atoms with Crippen LogP contribution in [0, 0.1) is 0 Å². The Balaban J connectivity index is 2.97. The SMILES string of the molecule is CNC(=O)C(C)Nc1cc(Cl)nc(C(C)(C)C)n1. The summed E-state index contributed by atoms with van der Waals surface area (Å²) in [6.07, 6.45) is 0. The quantitative estimate of drug-likeness (QED) is 0.824. The van der Waals surface area contributed by atoms with Crippen molar-refractivity contribution in [2.45, 2.75) is 39.2 Å². The van der Waals surface area contributed by atoms with Gasteiger partial charge in [0.2, 0.25) is 5.91 Å². The van der Waals surface area contributed by atoms with E-state index in [0.29, 0.717) is 16.8 Å². The van der Waals surface area contributed by atoms with E-state index in [1.165, 1.54) is 0 Å². The molecule has 0 fully saturated rings. The van der Waals surface area contributed by atoms with E-state index in [9.17, 15) is 4.79 Å². The minimum absolute atomic E-state index is 0.109. The number of likely N-dealkylation sites (N-methyl/N-ethyl adjacent to an activating group) is 1. The highest BCUT2D eigenvalue weighted by atomic mass is 35.5. The summed E-state index contributed by atoms with van der Waals surface area (Å²) < 4.78 is 0. The Labute approximate surface area is 112 Å². The summed E-state index contributed by atoms with van der Waals surface area (Å²) >= 11 is 5.96. The smallest absolute Gasteiger partial charge is 0.241 e. The van der Waals surface area contributed by atoms with Crippen LogP contribution >= 0.6 is 11.6 Å². The molecule has 2 N–H and O–H groups in total. The van der Waals surface area contributed by atoms with Crippen molar-refractivity contribution in [3.63, 3.8) is 0 Å². The maximum Gasteiger partial charge on any atom is 0.241 e. The van der Waals surface area contributed by atoms with Gasteiger partial charge in [-0.2, -0.15) is 0 Å². The molecule has 0 aromatic carbocycles. The highest BCUT2D eigenvalue weighted by Crippen LogP contribution is 2.22. The number of halogens is 1. The molecular weight excluding hydrogens is 252 g/mol. The highest BCUT2D eigenvalue weighted by Gasteiger charge is 2.20. The Bertz CT molecular complexity index is 442. The van der Waals surface area contributed by atoms with Crippen LogP contribution in [-0.2, 0) is 10.2 Å². The largest absolute Gasteiger partial charge is 0.358 e. The molecule has 1 heterocycles. The summed E-state index contributed by atoms with van der Waals surface area (Å²) in [6.45, 7) is 7.77. The third-order valence-corrected chi connectivity index (χ3v) is 2.56. The van der Waals surface area contributed by atoms with Crippen molar-refractivity contribution in [3.8, 4) is 0 Å². The second kappa shape index (κ2) is 5.52. The first-order valence-electron chi connectivity index (χ1n) is 5.77. The fourth-order valence-corrected chi connectivity index (χ4v) is 1.51. The molecule has 0 aliphatic heterocycles. The van der Waals surface area contributed by atoms with Crippen LogP contribution in [0.2, 0.25) is 5.15 Å². The Morgan fingerprint density at radius 2 is 2.00 bits per heavy atom. The first-order valence-corrected chi connectivity index (χ1v) is 6.15. The first-order chi connectivity index (χ1) is 8.24. The van der Waals surface area contributed by atoms with Gasteiger partial charge in [-0.15, -0.1) is 0 Å². The van der Waals surface area contributed by atoms with Crippen molar-refractivity contribution in [2.24, 2.45) is 0 Å². The number of anilines is 1. The van der Waals surface area contributed by atoms with Crippen LogP contribution in [-0.4, -0.2) is 29.0 Å². The number of hydrogen-bond acceptors (Lipinski definition) is 4. The van der Waals surface area contributed by atoms with Crippen LogP contribution in [0.1, 0.15) is 33.5 Å². The molecule has 0 aliphatic rings.